The molecular weight excluding hydrogens is 466 g/mol. The Morgan fingerprint density at radius 2 is 1.73 bits per heavy atom. The van der Waals surface area contributed by atoms with Gasteiger partial charge in [-0.15, -0.1) is 0 Å². The van der Waals surface area contributed by atoms with Crippen molar-refractivity contribution in [1.82, 2.24) is 14.7 Å². The highest BCUT2D eigenvalue weighted by atomic mass is 16.5. The van der Waals surface area contributed by atoms with Gasteiger partial charge in [-0.1, -0.05) is 39.8 Å². The van der Waals surface area contributed by atoms with E-state index in [9.17, 15) is 9.59 Å². The van der Waals surface area contributed by atoms with E-state index in [1.54, 1.807) is 28.9 Å². The molecule has 0 fully saturated rings. The van der Waals surface area contributed by atoms with Crippen LogP contribution in [0.3, 0.4) is 0 Å². The first kappa shape index (κ1) is 27.8. The molecule has 1 heterocycles. The molecule has 0 saturated heterocycles. The van der Waals surface area contributed by atoms with E-state index in [2.05, 4.69) is 44.4 Å². The first-order valence-electron chi connectivity index (χ1n) is 12.8. The number of hydrogen-bond acceptors (Lipinski definition) is 4. The number of aryl methyl sites for hydroxylation is 1. The molecule has 1 aromatic heterocycles. The van der Waals surface area contributed by atoms with Crippen molar-refractivity contribution in [2.45, 2.75) is 60.3 Å². The Hall–Kier alpha value is -3.81. The summed E-state index contributed by atoms with van der Waals surface area (Å²) < 4.78 is 7.24. The van der Waals surface area contributed by atoms with Crippen LogP contribution in [0.1, 0.15) is 57.9 Å². The Balaban J connectivity index is 1.79. The minimum absolute atomic E-state index is 0.0838. The second-order valence-corrected chi connectivity index (χ2v) is 10.2. The SMILES string of the molecule is CCCN(CC(=O)Nc1cc(C(C)(C)C)nn1-c1cccc(C)c1C)C(=O)Nc1ccc(OCC)cc1. The average Bonchev–Trinajstić information content (AvgIpc) is 3.26. The van der Waals surface area contributed by atoms with Gasteiger partial charge in [0.05, 0.1) is 18.0 Å². The molecule has 0 radical (unpaired) electrons. The van der Waals surface area contributed by atoms with Crippen LogP contribution < -0.4 is 15.4 Å². The Bertz CT molecular complexity index is 1230. The lowest BCUT2D eigenvalue weighted by Gasteiger charge is -2.22. The Morgan fingerprint density at radius 1 is 1.03 bits per heavy atom. The molecular formula is C29H39N5O3. The van der Waals surface area contributed by atoms with Crippen LogP contribution in [-0.2, 0) is 10.2 Å². The fourth-order valence-corrected chi connectivity index (χ4v) is 3.87. The highest BCUT2D eigenvalue weighted by molar-refractivity contribution is 5.96. The highest BCUT2D eigenvalue weighted by Crippen LogP contribution is 2.28. The summed E-state index contributed by atoms with van der Waals surface area (Å²) in [7, 11) is 0. The predicted octanol–water partition coefficient (Wildman–Crippen LogP) is 6.07. The molecule has 0 saturated carbocycles. The monoisotopic (exact) mass is 505 g/mol. The van der Waals surface area contributed by atoms with Crippen molar-refractivity contribution in [2.24, 2.45) is 0 Å². The van der Waals surface area contributed by atoms with Crippen LogP contribution in [0.2, 0.25) is 0 Å². The van der Waals surface area contributed by atoms with Crippen LogP contribution in [0.4, 0.5) is 16.3 Å². The van der Waals surface area contributed by atoms with Gasteiger partial charge in [0.2, 0.25) is 5.91 Å². The van der Waals surface area contributed by atoms with Crippen molar-refractivity contribution < 1.29 is 14.3 Å². The number of anilines is 2. The molecule has 0 bridgehead atoms. The number of nitrogens with one attached hydrogen (secondary N) is 2. The molecule has 2 aromatic carbocycles. The molecule has 3 aromatic rings. The first-order chi connectivity index (χ1) is 17.5. The van der Waals surface area contributed by atoms with E-state index in [-0.39, 0.29) is 23.9 Å². The molecule has 3 amide bonds. The average molecular weight is 506 g/mol. The van der Waals surface area contributed by atoms with Gasteiger partial charge in [0.25, 0.3) is 0 Å². The summed E-state index contributed by atoms with van der Waals surface area (Å²) in [4.78, 5) is 27.7. The van der Waals surface area contributed by atoms with Crippen molar-refractivity contribution in [3.8, 4) is 11.4 Å². The second kappa shape index (κ2) is 12.0. The summed E-state index contributed by atoms with van der Waals surface area (Å²) in [5, 5.41) is 10.7. The van der Waals surface area contributed by atoms with Crippen molar-refractivity contribution in [3.05, 3.63) is 65.4 Å². The normalized spacial score (nSPS) is 11.2. The maximum Gasteiger partial charge on any atom is 0.322 e. The third-order valence-electron chi connectivity index (χ3n) is 6.08. The fraction of sp³-hybridized carbons (Fsp3) is 0.414. The van der Waals surface area contributed by atoms with E-state index < -0.39 is 0 Å². The molecule has 198 valence electrons. The Morgan fingerprint density at radius 3 is 2.35 bits per heavy atom. The van der Waals surface area contributed by atoms with Gasteiger partial charge in [0, 0.05) is 23.7 Å². The molecule has 0 spiro atoms. The number of nitrogens with zero attached hydrogens (tertiary/aromatic N) is 3. The largest absolute Gasteiger partial charge is 0.494 e. The number of ether oxygens (including phenoxy) is 1. The van der Waals surface area contributed by atoms with Gasteiger partial charge >= 0.3 is 6.03 Å². The lowest BCUT2D eigenvalue weighted by Crippen LogP contribution is -2.41. The minimum atomic E-state index is -0.334. The summed E-state index contributed by atoms with van der Waals surface area (Å²) >= 11 is 0. The van der Waals surface area contributed by atoms with Crippen molar-refractivity contribution >= 4 is 23.4 Å². The third kappa shape index (κ3) is 7.12. The number of hydrogen-bond donors (Lipinski definition) is 2. The second-order valence-electron chi connectivity index (χ2n) is 10.2. The summed E-state index contributed by atoms with van der Waals surface area (Å²) in [5.74, 6) is 1.02. The molecule has 8 nitrogen and oxygen atoms in total. The molecule has 0 aliphatic heterocycles. The third-order valence-corrected chi connectivity index (χ3v) is 6.08. The number of carbonyl (C=O) groups is 2. The quantitative estimate of drug-likeness (QED) is 0.370. The van der Waals surface area contributed by atoms with Gasteiger partial charge < -0.3 is 20.3 Å². The maximum atomic E-state index is 13.2. The lowest BCUT2D eigenvalue weighted by molar-refractivity contribution is -0.116. The van der Waals surface area contributed by atoms with Crippen LogP contribution in [0.5, 0.6) is 5.75 Å². The molecule has 0 aliphatic rings. The van der Waals surface area contributed by atoms with E-state index in [0.29, 0.717) is 24.7 Å². The summed E-state index contributed by atoms with van der Waals surface area (Å²) in [6.45, 7) is 15.2. The van der Waals surface area contributed by atoms with E-state index >= 15 is 0 Å². The number of aromatic nitrogens is 2. The van der Waals surface area contributed by atoms with Gasteiger partial charge in [0.1, 0.15) is 18.1 Å². The summed E-state index contributed by atoms with van der Waals surface area (Å²) in [6, 6.07) is 14.8. The molecule has 0 aliphatic carbocycles. The van der Waals surface area contributed by atoms with Crippen molar-refractivity contribution in [1.29, 1.82) is 0 Å². The van der Waals surface area contributed by atoms with Gasteiger partial charge in [-0.05, 0) is 68.7 Å². The van der Waals surface area contributed by atoms with Crippen LogP contribution in [-0.4, -0.2) is 46.3 Å². The molecule has 0 unspecified atom stereocenters. The van der Waals surface area contributed by atoms with Crippen molar-refractivity contribution in [3.63, 3.8) is 0 Å². The maximum absolute atomic E-state index is 13.2. The van der Waals surface area contributed by atoms with E-state index in [0.717, 1.165) is 34.7 Å². The van der Waals surface area contributed by atoms with Gasteiger partial charge in [0.15, 0.2) is 0 Å². The smallest absolute Gasteiger partial charge is 0.322 e. The molecule has 8 heteroatoms. The topological polar surface area (TPSA) is 88.5 Å². The zero-order chi connectivity index (χ0) is 27.2. The molecule has 2 N–H and O–H groups in total. The Kier molecular flexibility index (Phi) is 8.97. The highest BCUT2D eigenvalue weighted by Gasteiger charge is 2.23. The van der Waals surface area contributed by atoms with E-state index in [1.165, 1.54) is 4.90 Å². The molecule has 37 heavy (non-hydrogen) atoms. The number of rotatable bonds is 9. The minimum Gasteiger partial charge on any atom is -0.494 e. The number of urea groups is 1. The van der Waals surface area contributed by atoms with Crippen LogP contribution >= 0.6 is 0 Å². The van der Waals surface area contributed by atoms with Crippen LogP contribution in [0, 0.1) is 13.8 Å². The van der Waals surface area contributed by atoms with Crippen LogP contribution in [0.25, 0.3) is 5.69 Å². The van der Waals surface area contributed by atoms with Gasteiger partial charge in [-0.2, -0.15) is 5.10 Å². The standard InChI is InChI=1S/C29H39N5O3/c1-8-17-33(28(36)30-22-13-15-23(16-14-22)37-9-2)19-27(35)31-26-18-25(29(5,6)7)32-34(26)24-12-10-11-20(3)21(24)4/h10-16,18H,8-9,17,19H2,1-7H3,(H,30,36)(H,31,35). The fourth-order valence-electron chi connectivity index (χ4n) is 3.87. The van der Waals surface area contributed by atoms with Gasteiger partial charge in [-0.3, -0.25) is 4.79 Å². The van der Waals surface area contributed by atoms with Crippen LogP contribution in [0.15, 0.2) is 48.5 Å². The Labute approximate surface area is 220 Å². The summed E-state index contributed by atoms with van der Waals surface area (Å²) in [6.07, 6.45) is 0.721. The van der Waals surface area contributed by atoms with E-state index in [1.807, 2.05) is 39.0 Å². The van der Waals surface area contributed by atoms with Gasteiger partial charge in [-0.25, -0.2) is 9.48 Å². The van der Waals surface area contributed by atoms with E-state index in [4.69, 9.17) is 9.84 Å². The first-order valence-corrected chi connectivity index (χ1v) is 12.8. The number of benzene rings is 2. The number of carbonyl (C=O) groups excluding carboxylic acids is 2. The zero-order valence-corrected chi connectivity index (χ0v) is 23.0. The molecule has 0 atom stereocenters. The zero-order valence-electron chi connectivity index (χ0n) is 23.0. The lowest BCUT2D eigenvalue weighted by atomic mass is 9.92. The summed E-state index contributed by atoms with van der Waals surface area (Å²) in [5.41, 5.74) is 4.44. The number of amides is 3. The van der Waals surface area contributed by atoms with Crippen molar-refractivity contribution in [2.75, 3.05) is 30.3 Å². The molecule has 3 rings (SSSR count). The predicted molar refractivity (Wildman–Crippen MR) is 149 cm³/mol.